The third-order valence-electron chi connectivity index (χ3n) is 4.11. The molecule has 0 unspecified atom stereocenters. The number of H-pyrrole nitrogens is 1. The minimum atomic E-state index is -4.83. The lowest BCUT2D eigenvalue weighted by Crippen LogP contribution is -2.27. The van der Waals surface area contributed by atoms with Gasteiger partial charge in [-0.2, -0.15) is 13.2 Å². The van der Waals surface area contributed by atoms with E-state index in [1.165, 1.54) is 24.3 Å². The van der Waals surface area contributed by atoms with E-state index in [-0.39, 0.29) is 17.7 Å². The van der Waals surface area contributed by atoms with Gasteiger partial charge in [0.2, 0.25) is 0 Å². The Morgan fingerprint density at radius 2 is 1.76 bits per heavy atom. The molecule has 1 heterocycles. The third-order valence-corrected chi connectivity index (χ3v) is 4.11. The molecule has 3 rings (SSSR count). The lowest BCUT2D eigenvalue weighted by Gasteiger charge is -2.14. The summed E-state index contributed by atoms with van der Waals surface area (Å²) < 4.78 is 45.6. The Bertz CT molecular complexity index is 1110. The maximum atomic E-state index is 13.3. The van der Waals surface area contributed by atoms with Gasteiger partial charge in [-0.3, -0.25) is 9.59 Å². The predicted molar refractivity (Wildman–Crippen MR) is 101 cm³/mol. The number of halogens is 3. The summed E-state index contributed by atoms with van der Waals surface area (Å²) in [6.07, 6.45) is -4.83. The molecule has 0 aliphatic rings. The Balaban J connectivity index is 1.91. The van der Waals surface area contributed by atoms with Crippen molar-refractivity contribution < 1.29 is 22.7 Å². The number of hydrogen-bond acceptors (Lipinski definition) is 4. The Hall–Kier alpha value is -3.75. The number of alkyl halides is 3. The predicted octanol–water partition coefficient (Wildman–Crippen LogP) is 3.32. The van der Waals surface area contributed by atoms with E-state index in [0.717, 1.165) is 11.6 Å². The van der Waals surface area contributed by atoms with E-state index in [2.05, 4.69) is 0 Å². The summed E-state index contributed by atoms with van der Waals surface area (Å²) in [5.41, 5.74) is 8.94. The number of ether oxygens (including phenoxy) is 1. The fraction of sp³-hybridized carbons (Fsp3) is 0.100. The van der Waals surface area contributed by atoms with Gasteiger partial charge in [0.15, 0.2) is 0 Å². The number of amides is 1. The Kier molecular flexibility index (Phi) is 5.31. The average Bonchev–Trinajstić information content (AvgIpc) is 2.66. The van der Waals surface area contributed by atoms with Gasteiger partial charge in [-0.25, -0.2) is 0 Å². The molecule has 2 aromatic carbocycles. The molecule has 0 saturated carbocycles. The summed E-state index contributed by atoms with van der Waals surface area (Å²) in [6, 6.07) is 13.7. The van der Waals surface area contributed by atoms with Gasteiger partial charge in [0.1, 0.15) is 23.6 Å². The number of nitrogens with one attached hydrogen (secondary N) is 1. The minimum absolute atomic E-state index is 0.132. The van der Waals surface area contributed by atoms with Crippen LogP contribution in [0.5, 0.6) is 5.75 Å². The molecular weight excluding hydrogens is 387 g/mol. The van der Waals surface area contributed by atoms with E-state index >= 15 is 0 Å². The molecule has 0 saturated heterocycles. The number of aromatic amines is 1. The number of nitrogens with two attached hydrogens (primary N) is 2. The van der Waals surface area contributed by atoms with Crippen LogP contribution in [-0.4, -0.2) is 10.9 Å². The SMILES string of the molecule is NC(=O)c1cc(-c2ccc(OCc3cccc(N)c3)cc2)c(C(F)(F)F)[nH]c1=O. The Labute approximate surface area is 162 Å². The molecule has 0 aliphatic carbocycles. The van der Waals surface area contributed by atoms with Crippen LogP contribution in [0.15, 0.2) is 59.4 Å². The van der Waals surface area contributed by atoms with Gasteiger partial charge in [-0.1, -0.05) is 24.3 Å². The number of rotatable bonds is 5. The first-order valence-electron chi connectivity index (χ1n) is 8.37. The van der Waals surface area contributed by atoms with Crippen molar-refractivity contribution >= 4 is 11.6 Å². The third kappa shape index (κ3) is 4.57. The quantitative estimate of drug-likeness (QED) is 0.568. The van der Waals surface area contributed by atoms with Crippen LogP contribution in [-0.2, 0) is 12.8 Å². The number of anilines is 1. The van der Waals surface area contributed by atoms with Crippen molar-refractivity contribution in [3.05, 3.63) is 81.8 Å². The van der Waals surface area contributed by atoms with Crippen molar-refractivity contribution in [1.82, 2.24) is 4.98 Å². The summed E-state index contributed by atoms with van der Waals surface area (Å²) in [4.78, 5) is 24.8. The number of primary amides is 1. The molecule has 0 atom stereocenters. The van der Waals surface area contributed by atoms with E-state index < -0.39 is 28.9 Å². The number of pyridine rings is 1. The minimum Gasteiger partial charge on any atom is -0.489 e. The van der Waals surface area contributed by atoms with Crippen LogP contribution in [0.4, 0.5) is 18.9 Å². The van der Waals surface area contributed by atoms with Crippen molar-refractivity contribution in [2.24, 2.45) is 5.73 Å². The molecule has 9 heteroatoms. The maximum absolute atomic E-state index is 13.3. The van der Waals surface area contributed by atoms with Gasteiger partial charge < -0.3 is 21.2 Å². The Morgan fingerprint density at radius 1 is 1.07 bits per heavy atom. The molecule has 1 aromatic heterocycles. The first-order valence-corrected chi connectivity index (χ1v) is 8.37. The molecule has 0 aliphatic heterocycles. The van der Waals surface area contributed by atoms with E-state index in [9.17, 15) is 22.8 Å². The highest BCUT2D eigenvalue weighted by atomic mass is 19.4. The zero-order chi connectivity index (χ0) is 21.2. The van der Waals surface area contributed by atoms with Crippen LogP contribution in [0.2, 0.25) is 0 Å². The second-order valence-corrected chi connectivity index (χ2v) is 6.22. The van der Waals surface area contributed by atoms with Gasteiger partial charge in [0.25, 0.3) is 11.5 Å². The average molecular weight is 403 g/mol. The molecular formula is C20H16F3N3O3. The van der Waals surface area contributed by atoms with E-state index in [0.29, 0.717) is 11.4 Å². The fourth-order valence-corrected chi connectivity index (χ4v) is 2.74. The van der Waals surface area contributed by atoms with Gasteiger partial charge in [-0.15, -0.1) is 0 Å². The molecule has 29 heavy (non-hydrogen) atoms. The van der Waals surface area contributed by atoms with Crippen molar-refractivity contribution in [2.45, 2.75) is 12.8 Å². The molecule has 5 N–H and O–H groups in total. The summed E-state index contributed by atoms with van der Waals surface area (Å²) in [5.74, 6) is -0.701. The number of carbonyl (C=O) groups excluding carboxylic acids is 1. The fourth-order valence-electron chi connectivity index (χ4n) is 2.74. The van der Waals surface area contributed by atoms with Crippen LogP contribution in [0.25, 0.3) is 11.1 Å². The van der Waals surface area contributed by atoms with Gasteiger partial charge in [-0.05, 0) is 41.5 Å². The zero-order valence-electron chi connectivity index (χ0n) is 14.9. The maximum Gasteiger partial charge on any atom is 0.431 e. The summed E-state index contributed by atoms with van der Waals surface area (Å²) in [7, 11) is 0. The zero-order valence-corrected chi connectivity index (χ0v) is 14.9. The van der Waals surface area contributed by atoms with Crippen LogP contribution in [0, 0.1) is 0 Å². The molecule has 0 bridgehead atoms. The number of carbonyl (C=O) groups is 1. The summed E-state index contributed by atoms with van der Waals surface area (Å²) in [6.45, 7) is 0.225. The second kappa shape index (κ2) is 7.70. The van der Waals surface area contributed by atoms with Gasteiger partial charge in [0, 0.05) is 11.3 Å². The van der Waals surface area contributed by atoms with Crippen molar-refractivity contribution in [3.8, 4) is 16.9 Å². The second-order valence-electron chi connectivity index (χ2n) is 6.22. The molecule has 0 radical (unpaired) electrons. The van der Waals surface area contributed by atoms with Gasteiger partial charge in [0.05, 0.1) is 0 Å². The van der Waals surface area contributed by atoms with E-state index in [1.54, 1.807) is 23.2 Å². The Morgan fingerprint density at radius 3 is 2.34 bits per heavy atom. The largest absolute Gasteiger partial charge is 0.489 e. The lowest BCUT2D eigenvalue weighted by molar-refractivity contribution is -0.140. The molecule has 6 nitrogen and oxygen atoms in total. The van der Waals surface area contributed by atoms with E-state index in [1.807, 2.05) is 6.07 Å². The van der Waals surface area contributed by atoms with Crippen LogP contribution < -0.4 is 21.8 Å². The van der Waals surface area contributed by atoms with Crippen LogP contribution in [0.3, 0.4) is 0 Å². The van der Waals surface area contributed by atoms with Crippen molar-refractivity contribution in [3.63, 3.8) is 0 Å². The van der Waals surface area contributed by atoms with Crippen LogP contribution >= 0.6 is 0 Å². The number of benzene rings is 2. The first kappa shape index (κ1) is 20.0. The molecule has 150 valence electrons. The standard InChI is InChI=1S/C20H16F3N3O3/c21-20(22,23)17-15(9-16(18(25)27)19(28)26-17)12-4-6-14(7-5-12)29-10-11-2-1-3-13(24)8-11/h1-9H,10,24H2,(H2,25,27)(H,26,28). The molecule has 1 amide bonds. The number of aromatic nitrogens is 1. The smallest absolute Gasteiger partial charge is 0.431 e. The highest BCUT2D eigenvalue weighted by molar-refractivity contribution is 5.94. The molecule has 0 spiro atoms. The summed E-state index contributed by atoms with van der Waals surface area (Å²) in [5, 5.41) is 0. The van der Waals surface area contributed by atoms with Crippen LogP contribution in [0.1, 0.15) is 21.6 Å². The first-order chi connectivity index (χ1) is 13.6. The highest BCUT2D eigenvalue weighted by Crippen LogP contribution is 2.35. The van der Waals surface area contributed by atoms with Crippen molar-refractivity contribution in [2.75, 3.05) is 5.73 Å². The monoisotopic (exact) mass is 403 g/mol. The number of hydrogen-bond donors (Lipinski definition) is 3. The normalized spacial score (nSPS) is 11.3. The van der Waals surface area contributed by atoms with Gasteiger partial charge >= 0.3 is 6.18 Å². The van der Waals surface area contributed by atoms with E-state index in [4.69, 9.17) is 16.2 Å². The lowest BCUT2D eigenvalue weighted by atomic mass is 10.0. The number of nitrogen functional groups attached to an aromatic ring is 1. The molecule has 3 aromatic rings. The topological polar surface area (TPSA) is 111 Å². The molecule has 0 fully saturated rings. The van der Waals surface area contributed by atoms with Crippen molar-refractivity contribution in [1.29, 1.82) is 0 Å². The summed E-state index contributed by atoms with van der Waals surface area (Å²) >= 11 is 0. The highest BCUT2D eigenvalue weighted by Gasteiger charge is 2.36.